The molecule has 0 bridgehead atoms. The summed E-state index contributed by atoms with van der Waals surface area (Å²) in [4.78, 5) is 2.25. The molecular formula is C41H33NO. The van der Waals surface area contributed by atoms with Crippen molar-refractivity contribution >= 4 is 11.4 Å². The summed E-state index contributed by atoms with van der Waals surface area (Å²) in [5, 5.41) is 0. The summed E-state index contributed by atoms with van der Waals surface area (Å²) in [6.07, 6.45) is 10.3. The topological polar surface area (TPSA) is 12.5 Å². The van der Waals surface area contributed by atoms with Gasteiger partial charge >= 0.3 is 0 Å². The van der Waals surface area contributed by atoms with Crippen LogP contribution in [-0.4, -0.2) is 0 Å². The lowest BCUT2D eigenvalue weighted by atomic mass is 9.70. The smallest absolute Gasteiger partial charge is 0.150 e. The van der Waals surface area contributed by atoms with E-state index in [9.17, 15) is 0 Å². The maximum absolute atomic E-state index is 6.33. The van der Waals surface area contributed by atoms with Gasteiger partial charge in [0.25, 0.3) is 0 Å². The zero-order chi connectivity index (χ0) is 29.3. The van der Waals surface area contributed by atoms with Gasteiger partial charge in [0.15, 0.2) is 5.75 Å². The molecule has 1 spiro atoms. The molecule has 5 aromatic carbocycles. The summed E-state index contributed by atoms with van der Waals surface area (Å²) in [6.45, 7) is 8.63. The van der Waals surface area contributed by atoms with Crippen LogP contribution in [0.1, 0.15) is 45.9 Å². The summed E-state index contributed by atoms with van der Waals surface area (Å²) >= 11 is 0. The maximum atomic E-state index is 6.33. The second kappa shape index (κ2) is 9.47. The average Bonchev–Trinajstić information content (AvgIpc) is 3.44. The third kappa shape index (κ3) is 3.73. The highest BCUT2D eigenvalue weighted by molar-refractivity contribution is 5.96. The van der Waals surface area contributed by atoms with Gasteiger partial charge in [0, 0.05) is 11.9 Å². The van der Waals surface area contributed by atoms with E-state index in [2.05, 4.69) is 129 Å². The Labute approximate surface area is 253 Å². The number of aryl methyl sites for hydroxylation is 3. The minimum absolute atomic E-state index is 0.397. The fourth-order valence-corrected chi connectivity index (χ4v) is 7.35. The zero-order valence-corrected chi connectivity index (χ0v) is 25.0. The number of anilines is 2. The van der Waals surface area contributed by atoms with Gasteiger partial charge in [-0.1, -0.05) is 102 Å². The lowest BCUT2D eigenvalue weighted by molar-refractivity contribution is 0.429. The molecule has 0 saturated heterocycles. The SMILES string of the molecule is C\C1=C/C=C\C=C\N(c2ccc3c(c2)C2(c4cc(C)ccc4-c4ccc(C)cc42)c2cc(C)ccc2-3)c2ccccc2O1. The van der Waals surface area contributed by atoms with Gasteiger partial charge in [0.05, 0.1) is 11.1 Å². The first-order valence-corrected chi connectivity index (χ1v) is 15.0. The molecule has 0 atom stereocenters. The molecule has 5 aromatic rings. The third-order valence-corrected chi connectivity index (χ3v) is 9.19. The summed E-state index contributed by atoms with van der Waals surface area (Å²) in [7, 11) is 0. The third-order valence-electron chi connectivity index (χ3n) is 9.19. The molecule has 2 heteroatoms. The van der Waals surface area contributed by atoms with Crippen LogP contribution in [-0.2, 0) is 5.41 Å². The van der Waals surface area contributed by atoms with E-state index in [1.165, 1.54) is 61.2 Å². The predicted octanol–water partition coefficient (Wildman–Crippen LogP) is 10.5. The van der Waals surface area contributed by atoms with Crippen LogP contribution in [0.4, 0.5) is 11.4 Å². The fourth-order valence-electron chi connectivity index (χ4n) is 7.35. The summed E-state index contributed by atoms with van der Waals surface area (Å²) in [5.74, 6) is 1.68. The van der Waals surface area contributed by atoms with Gasteiger partial charge in [0.1, 0.15) is 5.76 Å². The zero-order valence-electron chi connectivity index (χ0n) is 25.0. The summed E-state index contributed by atoms with van der Waals surface area (Å²) in [5.41, 5.74) is 16.3. The highest BCUT2D eigenvalue weighted by atomic mass is 16.5. The Hall–Kier alpha value is -5.08. The monoisotopic (exact) mass is 555 g/mol. The van der Waals surface area contributed by atoms with Gasteiger partial charge in [-0.05, 0) is 109 Å². The molecule has 1 heterocycles. The normalized spacial score (nSPS) is 18.0. The number of fused-ring (bicyclic) bond motifs is 11. The first-order valence-electron chi connectivity index (χ1n) is 15.0. The second-order valence-corrected chi connectivity index (χ2v) is 12.1. The average molecular weight is 556 g/mol. The molecule has 208 valence electrons. The number of allylic oxidation sites excluding steroid dienone is 5. The Balaban J connectivity index is 1.44. The number of benzene rings is 5. The molecule has 0 unspecified atom stereocenters. The Bertz CT molecular complexity index is 1980. The molecule has 0 N–H and O–H groups in total. The minimum Gasteiger partial charge on any atom is -0.460 e. The highest BCUT2D eigenvalue weighted by Gasteiger charge is 2.52. The van der Waals surface area contributed by atoms with Crippen molar-refractivity contribution in [2.75, 3.05) is 4.90 Å². The van der Waals surface area contributed by atoms with Crippen molar-refractivity contribution in [3.63, 3.8) is 0 Å². The van der Waals surface area contributed by atoms with Gasteiger partial charge in [-0.15, -0.1) is 0 Å². The van der Waals surface area contributed by atoms with Crippen molar-refractivity contribution in [2.24, 2.45) is 0 Å². The summed E-state index contributed by atoms with van der Waals surface area (Å²) in [6, 6.07) is 36.3. The molecule has 8 rings (SSSR count). The largest absolute Gasteiger partial charge is 0.460 e. The number of rotatable bonds is 1. The van der Waals surface area contributed by atoms with E-state index < -0.39 is 5.41 Å². The highest BCUT2D eigenvalue weighted by Crippen LogP contribution is 2.63. The first kappa shape index (κ1) is 25.6. The van der Waals surface area contributed by atoms with E-state index in [-0.39, 0.29) is 0 Å². The lowest BCUT2D eigenvalue weighted by Crippen LogP contribution is -2.26. The van der Waals surface area contributed by atoms with Crippen LogP contribution in [0.3, 0.4) is 0 Å². The van der Waals surface area contributed by atoms with Crippen molar-refractivity contribution in [2.45, 2.75) is 33.1 Å². The molecule has 2 aliphatic carbocycles. The molecule has 43 heavy (non-hydrogen) atoms. The molecule has 0 fully saturated rings. The Kier molecular flexibility index (Phi) is 5.64. The van der Waals surface area contributed by atoms with Crippen molar-refractivity contribution in [1.29, 1.82) is 0 Å². The Morgan fingerprint density at radius 3 is 1.67 bits per heavy atom. The second-order valence-electron chi connectivity index (χ2n) is 12.1. The van der Waals surface area contributed by atoms with E-state index >= 15 is 0 Å². The summed E-state index contributed by atoms with van der Waals surface area (Å²) < 4.78 is 6.33. The molecule has 0 amide bonds. The molecular weight excluding hydrogens is 522 g/mol. The van der Waals surface area contributed by atoms with Crippen LogP contribution in [0.2, 0.25) is 0 Å². The van der Waals surface area contributed by atoms with E-state index in [1.807, 2.05) is 31.2 Å². The first-order chi connectivity index (χ1) is 20.9. The van der Waals surface area contributed by atoms with Gasteiger partial charge in [0.2, 0.25) is 0 Å². The fraction of sp³-hybridized carbons (Fsp3) is 0.122. The van der Waals surface area contributed by atoms with Crippen molar-refractivity contribution in [3.05, 3.63) is 172 Å². The van der Waals surface area contributed by atoms with Crippen LogP contribution >= 0.6 is 0 Å². The van der Waals surface area contributed by atoms with Crippen molar-refractivity contribution in [1.82, 2.24) is 0 Å². The van der Waals surface area contributed by atoms with Crippen LogP contribution in [0.25, 0.3) is 22.3 Å². The van der Waals surface area contributed by atoms with Gasteiger partial charge in [-0.25, -0.2) is 0 Å². The Morgan fingerprint density at radius 1 is 0.535 bits per heavy atom. The Morgan fingerprint density at radius 2 is 1.07 bits per heavy atom. The quantitative estimate of drug-likeness (QED) is 0.200. The molecule has 1 aliphatic heterocycles. The maximum Gasteiger partial charge on any atom is 0.150 e. The van der Waals surface area contributed by atoms with E-state index in [0.717, 1.165) is 22.9 Å². The minimum atomic E-state index is -0.397. The van der Waals surface area contributed by atoms with Crippen molar-refractivity contribution < 1.29 is 4.74 Å². The molecule has 2 nitrogen and oxygen atoms in total. The molecule has 0 saturated carbocycles. The lowest BCUT2D eigenvalue weighted by Gasteiger charge is -2.32. The van der Waals surface area contributed by atoms with Gasteiger partial charge < -0.3 is 9.64 Å². The van der Waals surface area contributed by atoms with E-state index in [0.29, 0.717) is 0 Å². The van der Waals surface area contributed by atoms with Crippen molar-refractivity contribution in [3.8, 4) is 28.0 Å². The van der Waals surface area contributed by atoms with E-state index in [1.54, 1.807) is 0 Å². The number of hydrogen-bond acceptors (Lipinski definition) is 2. The molecule has 0 radical (unpaired) electrons. The van der Waals surface area contributed by atoms with Crippen LogP contribution in [0.5, 0.6) is 5.75 Å². The van der Waals surface area contributed by atoms with Crippen LogP contribution in [0, 0.1) is 20.8 Å². The molecule has 3 aliphatic rings. The number of para-hydroxylation sites is 2. The number of hydrogen-bond donors (Lipinski definition) is 0. The van der Waals surface area contributed by atoms with E-state index in [4.69, 9.17) is 4.74 Å². The van der Waals surface area contributed by atoms with Gasteiger partial charge in [-0.3, -0.25) is 0 Å². The molecule has 0 aromatic heterocycles. The predicted molar refractivity (Wildman–Crippen MR) is 178 cm³/mol. The number of ether oxygens (including phenoxy) is 1. The standard InChI is InChI=1S/C41H33NO/c1-26-13-17-31-32-18-14-27(2)23-36(32)41(35(31)22-26)37-24-28(3)15-19-33(37)34-20-16-30(25-38(34)41)42-21-9-5-6-10-29(4)43-40-12-8-7-11-39(40)42/h5-25H,1-4H3/b6-5-,21-9+,29-10+. The number of nitrogens with zero attached hydrogens (tertiary/aromatic N) is 1. The van der Waals surface area contributed by atoms with Crippen LogP contribution < -0.4 is 9.64 Å². The van der Waals surface area contributed by atoms with Crippen LogP contribution in [0.15, 0.2) is 133 Å². The van der Waals surface area contributed by atoms with Gasteiger partial charge in [-0.2, -0.15) is 0 Å².